The summed E-state index contributed by atoms with van der Waals surface area (Å²) in [6.07, 6.45) is 2.38. The summed E-state index contributed by atoms with van der Waals surface area (Å²) in [6.45, 7) is 3.90. The first-order valence-electron chi connectivity index (χ1n) is 6.75. The Kier molecular flexibility index (Phi) is 4.79. The zero-order valence-corrected chi connectivity index (χ0v) is 12.7. The van der Waals surface area contributed by atoms with Crippen LogP contribution in [0.25, 0.3) is 0 Å². The molecule has 2 aromatic rings. The third-order valence-corrected chi connectivity index (χ3v) is 4.23. The van der Waals surface area contributed by atoms with Crippen molar-refractivity contribution in [1.82, 2.24) is 0 Å². The van der Waals surface area contributed by atoms with Crippen LogP contribution in [0.15, 0.2) is 29.6 Å². The Morgan fingerprint density at radius 1 is 1.30 bits per heavy atom. The molecule has 3 N–H and O–H groups in total. The molecule has 0 spiro atoms. The van der Waals surface area contributed by atoms with Crippen molar-refractivity contribution in [2.75, 3.05) is 11.1 Å². The van der Waals surface area contributed by atoms with E-state index in [-0.39, 0.29) is 5.91 Å². The minimum Gasteiger partial charge on any atom is -0.399 e. The molecule has 20 heavy (non-hydrogen) atoms. The standard InChI is InChI=1S/C16H20N2OS/c1-11-10-15(12(2)9-14(11)17)18-16(19)7-3-5-13-6-4-8-20-13/h4,6,8-10H,3,5,7,17H2,1-2H3,(H,18,19). The number of hydrogen-bond donors (Lipinski definition) is 2. The highest BCUT2D eigenvalue weighted by atomic mass is 32.1. The molecule has 1 aromatic carbocycles. The van der Waals surface area contributed by atoms with Crippen LogP contribution in [0.3, 0.4) is 0 Å². The van der Waals surface area contributed by atoms with Gasteiger partial charge in [0.1, 0.15) is 0 Å². The number of amides is 1. The molecule has 1 heterocycles. The number of nitrogens with one attached hydrogen (secondary N) is 1. The maximum atomic E-state index is 12.0. The van der Waals surface area contributed by atoms with E-state index in [4.69, 9.17) is 5.73 Å². The Hall–Kier alpha value is -1.81. The third kappa shape index (κ3) is 3.84. The lowest BCUT2D eigenvalue weighted by Crippen LogP contribution is -2.12. The van der Waals surface area contributed by atoms with E-state index >= 15 is 0 Å². The van der Waals surface area contributed by atoms with Gasteiger partial charge in [-0.2, -0.15) is 0 Å². The summed E-state index contributed by atoms with van der Waals surface area (Å²) >= 11 is 1.74. The van der Waals surface area contributed by atoms with Crippen molar-refractivity contribution in [3.05, 3.63) is 45.6 Å². The number of rotatable bonds is 5. The molecule has 0 saturated heterocycles. The minimum atomic E-state index is 0.0637. The van der Waals surface area contributed by atoms with Crippen molar-refractivity contribution in [1.29, 1.82) is 0 Å². The molecule has 0 fully saturated rings. The van der Waals surface area contributed by atoms with Crippen LogP contribution in [-0.4, -0.2) is 5.91 Å². The van der Waals surface area contributed by atoms with E-state index in [0.29, 0.717) is 6.42 Å². The number of nitrogen functional groups attached to an aromatic ring is 1. The molecular formula is C16H20N2OS. The first kappa shape index (κ1) is 14.6. The summed E-state index contributed by atoms with van der Waals surface area (Å²) in [5, 5.41) is 5.03. The third-order valence-electron chi connectivity index (χ3n) is 3.29. The predicted molar refractivity (Wildman–Crippen MR) is 86.2 cm³/mol. The topological polar surface area (TPSA) is 55.1 Å². The van der Waals surface area contributed by atoms with Gasteiger partial charge < -0.3 is 11.1 Å². The number of carbonyl (C=O) groups is 1. The predicted octanol–water partition coefficient (Wildman–Crippen LogP) is 3.91. The molecule has 2 rings (SSSR count). The van der Waals surface area contributed by atoms with E-state index in [2.05, 4.69) is 16.8 Å². The average Bonchev–Trinajstić information content (AvgIpc) is 2.89. The quantitative estimate of drug-likeness (QED) is 0.820. The lowest BCUT2D eigenvalue weighted by molar-refractivity contribution is -0.116. The van der Waals surface area contributed by atoms with Crippen molar-refractivity contribution in [2.45, 2.75) is 33.1 Å². The van der Waals surface area contributed by atoms with Crippen molar-refractivity contribution in [2.24, 2.45) is 0 Å². The summed E-state index contributed by atoms with van der Waals surface area (Å²) < 4.78 is 0. The molecule has 1 amide bonds. The molecule has 0 bridgehead atoms. The molecule has 4 heteroatoms. The molecule has 0 aliphatic rings. The lowest BCUT2D eigenvalue weighted by Gasteiger charge is -2.11. The van der Waals surface area contributed by atoms with Crippen LogP contribution in [0.1, 0.15) is 28.8 Å². The Balaban J connectivity index is 1.86. The Bertz CT molecular complexity index is 591. The summed E-state index contributed by atoms with van der Waals surface area (Å²) in [7, 11) is 0. The van der Waals surface area contributed by atoms with Crippen molar-refractivity contribution in [3.8, 4) is 0 Å². The van der Waals surface area contributed by atoms with Gasteiger partial charge in [-0.1, -0.05) is 6.07 Å². The van der Waals surface area contributed by atoms with E-state index in [1.807, 2.05) is 32.0 Å². The summed E-state index contributed by atoms with van der Waals surface area (Å²) in [6, 6.07) is 7.98. The van der Waals surface area contributed by atoms with Gasteiger partial charge in [0, 0.05) is 22.7 Å². The van der Waals surface area contributed by atoms with Gasteiger partial charge in [-0.25, -0.2) is 0 Å². The maximum absolute atomic E-state index is 12.0. The molecule has 3 nitrogen and oxygen atoms in total. The average molecular weight is 288 g/mol. The zero-order chi connectivity index (χ0) is 14.5. The van der Waals surface area contributed by atoms with Gasteiger partial charge in [0.15, 0.2) is 0 Å². The Labute approximate surface area is 123 Å². The molecule has 0 aliphatic heterocycles. The van der Waals surface area contributed by atoms with Gasteiger partial charge in [0.25, 0.3) is 0 Å². The largest absolute Gasteiger partial charge is 0.399 e. The second-order valence-electron chi connectivity index (χ2n) is 5.00. The molecule has 0 saturated carbocycles. The van der Waals surface area contributed by atoms with Crippen LogP contribution in [0.4, 0.5) is 11.4 Å². The number of hydrogen-bond acceptors (Lipinski definition) is 3. The van der Waals surface area contributed by atoms with Crippen molar-refractivity contribution >= 4 is 28.6 Å². The van der Waals surface area contributed by atoms with Crippen LogP contribution >= 0.6 is 11.3 Å². The highest BCUT2D eigenvalue weighted by Gasteiger charge is 2.07. The van der Waals surface area contributed by atoms with E-state index in [9.17, 15) is 4.79 Å². The molecule has 0 atom stereocenters. The van der Waals surface area contributed by atoms with Gasteiger partial charge in [-0.05, 0) is 61.4 Å². The molecule has 1 aromatic heterocycles. The first-order chi connectivity index (χ1) is 9.56. The number of aryl methyl sites for hydroxylation is 3. The van der Waals surface area contributed by atoms with Gasteiger partial charge in [-0.3, -0.25) is 4.79 Å². The summed E-state index contributed by atoms with van der Waals surface area (Å²) in [4.78, 5) is 13.3. The number of benzene rings is 1. The molecule has 0 aliphatic carbocycles. The highest BCUT2D eigenvalue weighted by Crippen LogP contribution is 2.22. The fourth-order valence-corrected chi connectivity index (χ4v) is 2.82. The van der Waals surface area contributed by atoms with Gasteiger partial charge >= 0.3 is 0 Å². The Morgan fingerprint density at radius 2 is 2.10 bits per heavy atom. The maximum Gasteiger partial charge on any atom is 0.224 e. The smallest absolute Gasteiger partial charge is 0.224 e. The first-order valence-corrected chi connectivity index (χ1v) is 7.63. The molecular weight excluding hydrogens is 268 g/mol. The van der Waals surface area contributed by atoms with Crippen LogP contribution < -0.4 is 11.1 Å². The van der Waals surface area contributed by atoms with E-state index in [0.717, 1.165) is 35.3 Å². The lowest BCUT2D eigenvalue weighted by atomic mass is 10.1. The summed E-state index contributed by atoms with van der Waals surface area (Å²) in [5.41, 5.74) is 9.45. The van der Waals surface area contributed by atoms with Crippen LogP contribution in [0.2, 0.25) is 0 Å². The monoisotopic (exact) mass is 288 g/mol. The molecule has 106 valence electrons. The van der Waals surface area contributed by atoms with E-state index in [1.54, 1.807) is 11.3 Å². The van der Waals surface area contributed by atoms with Gasteiger partial charge in [-0.15, -0.1) is 11.3 Å². The SMILES string of the molecule is Cc1cc(NC(=O)CCCc2cccs2)c(C)cc1N. The molecule has 0 unspecified atom stereocenters. The number of carbonyl (C=O) groups excluding carboxylic acids is 1. The van der Waals surface area contributed by atoms with E-state index in [1.165, 1.54) is 4.88 Å². The zero-order valence-electron chi connectivity index (χ0n) is 11.9. The second-order valence-corrected chi connectivity index (χ2v) is 6.04. The Morgan fingerprint density at radius 3 is 2.80 bits per heavy atom. The van der Waals surface area contributed by atoms with Gasteiger partial charge in [0.05, 0.1) is 0 Å². The highest BCUT2D eigenvalue weighted by molar-refractivity contribution is 7.09. The number of anilines is 2. The normalized spacial score (nSPS) is 10.5. The number of thiophene rings is 1. The van der Waals surface area contributed by atoms with Crippen LogP contribution in [0.5, 0.6) is 0 Å². The van der Waals surface area contributed by atoms with Crippen LogP contribution in [-0.2, 0) is 11.2 Å². The second kappa shape index (κ2) is 6.57. The van der Waals surface area contributed by atoms with Crippen LogP contribution in [0, 0.1) is 13.8 Å². The van der Waals surface area contributed by atoms with Crippen molar-refractivity contribution < 1.29 is 4.79 Å². The fraction of sp³-hybridized carbons (Fsp3) is 0.312. The fourth-order valence-electron chi connectivity index (χ4n) is 2.06. The summed E-state index contributed by atoms with van der Waals surface area (Å²) in [5.74, 6) is 0.0637. The van der Waals surface area contributed by atoms with Crippen molar-refractivity contribution in [3.63, 3.8) is 0 Å². The number of nitrogens with two attached hydrogens (primary N) is 1. The van der Waals surface area contributed by atoms with Gasteiger partial charge in [0.2, 0.25) is 5.91 Å². The molecule has 0 radical (unpaired) electrons. The van der Waals surface area contributed by atoms with E-state index < -0.39 is 0 Å². The minimum absolute atomic E-state index is 0.0637.